The van der Waals surface area contributed by atoms with Crippen LogP contribution in [0.15, 0.2) is 53.1 Å². The lowest BCUT2D eigenvalue weighted by atomic mass is 10.0. The highest BCUT2D eigenvalue weighted by Gasteiger charge is 2.35. The monoisotopic (exact) mass is 369 g/mol. The van der Waals surface area contributed by atoms with Gasteiger partial charge in [0.2, 0.25) is 0 Å². The zero-order chi connectivity index (χ0) is 18.1. The van der Waals surface area contributed by atoms with Gasteiger partial charge in [-0.1, -0.05) is 41.9 Å². The second-order valence-corrected chi connectivity index (χ2v) is 6.70. The summed E-state index contributed by atoms with van der Waals surface area (Å²) < 4.78 is 0. The molecule has 0 saturated heterocycles. The molecule has 2 aromatic rings. The van der Waals surface area contributed by atoms with Crippen LogP contribution in [0, 0.1) is 25.2 Å². The van der Waals surface area contributed by atoms with Crippen LogP contribution in [0.25, 0.3) is 0 Å². The average molecular weight is 370 g/mol. The van der Waals surface area contributed by atoms with Gasteiger partial charge in [0.1, 0.15) is 17.8 Å². The first-order chi connectivity index (χ1) is 11.9. The van der Waals surface area contributed by atoms with Crippen LogP contribution < -0.4 is 10.2 Å². The number of rotatable bonds is 2. The maximum Gasteiger partial charge on any atom is 0.266 e. The van der Waals surface area contributed by atoms with Gasteiger partial charge >= 0.3 is 0 Å². The fourth-order valence-electron chi connectivity index (χ4n) is 2.85. The molecule has 0 radical (unpaired) electrons. The third-order valence-corrected chi connectivity index (χ3v) is 4.92. The van der Waals surface area contributed by atoms with Gasteiger partial charge < -0.3 is 10.2 Å². The van der Waals surface area contributed by atoms with E-state index in [1.807, 2.05) is 61.2 Å². The number of hydrogen-bond donors (Lipinski definition) is 2. The lowest BCUT2D eigenvalue weighted by molar-refractivity contribution is -0.118. The van der Waals surface area contributed by atoms with Crippen LogP contribution in [0.4, 0.5) is 5.69 Å². The predicted molar refractivity (Wildman–Crippen MR) is 102 cm³/mol. The van der Waals surface area contributed by atoms with Gasteiger partial charge in [0.25, 0.3) is 5.91 Å². The first-order valence-corrected chi connectivity index (χ1v) is 8.51. The number of nitrogens with one attached hydrogen (secondary N) is 1. The third-order valence-electron chi connectivity index (χ3n) is 4.14. The number of nitrogens with zero attached hydrogens (tertiary/aromatic N) is 2. The highest BCUT2D eigenvalue weighted by atomic mass is 35.5. The molecule has 1 atom stereocenters. The molecule has 0 bridgehead atoms. The van der Waals surface area contributed by atoms with Crippen LogP contribution >= 0.6 is 24.2 Å². The summed E-state index contributed by atoms with van der Waals surface area (Å²) in [4.78, 5) is 14.2. The molecule has 0 spiro atoms. The molecule has 4 nitrogen and oxygen atoms in total. The summed E-state index contributed by atoms with van der Waals surface area (Å²) in [6.45, 7) is 3.96. The summed E-state index contributed by atoms with van der Waals surface area (Å²) >= 11 is 10.9. The van der Waals surface area contributed by atoms with Crippen LogP contribution in [-0.4, -0.2) is 5.91 Å². The predicted octanol–water partition coefficient (Wildman–Crippen LogP) is 4.26. The Morgan fingerprint density at radius 1 is 1.24 bits per heavy atom. The van der Waals surface area contributed by atoms with Gasteiger partial charge in [-0.25, -0.2) is 0 Å². The Morgan fingerprint density at radius 3 is 2.64 bits per heavy atom. The van der Waals surface area contributed by atoms with Crippen molar-refractivity contribution in [2.75, 3.05) is 4.90 Å². The van der Waals surface area contributed by atoms with Crippen LogP contribution in [0.5, 0.6) is 0 Å². The Kier molecular flexibility index (Phi) is 4.76. The van der Waals surface area contributed by atoms with E-state index in [4.69, 9.17) is 11.6 Å². The summed E-state index contributed by atoms with van der Waals surface area (Å²) in [5.41, 5.74) is 3.65. The molecular formula is C19H16ClN3OS. The highest BCUT2D eigenvalue weighted by Crippen LogP contribution is 2.39. The minimum atomic E-state index is -0.550. The van der Waals surface area contributed by atoms with Crippen LogP contribution in [0.3, 0.4) is 0 Å². The minimum absolute atomic E-state index is 0.0208. The number of nitriles is 1. The number of carbonyl (C=O) groups excluding carboxylic acids is 1. The molecule has 1 unspecified atom stereocenters. The third kappa shape index (κ3) is 3.11. The number of anilines is 1. The van der Waals surface area contributed by atoms with Crippen LogP contribution in [0.2, 0.25) is 5.02 Å². The molecule has 0 fully saturated rings. The molecule has 3 rings (SSSR count). The highest BCUT2D eigenvalue weighted by molar-refractivity contribution is 7.84. The maximum absolute atomic E-state index is 12.3. The molecule has 1 amide bonds. The summed E-state index contributed by atoms with van der Waals surface area (Å²) in [5, 5.41) is 13.1. The minimum Gasteiger partial charge on any atom is -0.327 e. The van der Waals surface area contributed by atoms with E-state index in [0.29, 0.717) is 10.1 Å². The van der Waals surface area contributed by atoms with E-state index >= 15 is 0 Å². The van der Waals surface area contributed by atoms with Crippen LogP contribution in [-0.2, 0) is 4.79 Å². The van der Waals surface area contributed by atoms with Crippen molar-refractivity contribution in [1.29, 1.82) is 5.26 Å². The van der Waals surface area contributed by atoms with Crippen molar-refractivity contribution in [3.05, 3.63) is 74.8 Å². The van der Waals surface area contributed by atoms with Crippen molar-refractivity contribution in [1.82, 2.24) is 5.32 Å². The molecule has 25 heavy (non-hydrogen) atoms. The Labute approximate surface area is 157 Å². The molecule has 0 aliphatic carbocycles. The first kappa shape index (κ1) is 17.4. The van der Waals surface area contributed by atoms with E-state index in [1.165, 1.54) is 0 Å². The maximum atomic E-state index is 12.3. The molecule has 1 aliphatic heterocycles. The van der Waals surface area contributed by atoms with Gasteiger partial charge in [-0.3, -0.25) is 4.79 Å². The second-order valence-electron chi connectivity index (χ2n) is 5.87. The fraction of sp³-hybridized carbons (Fsp3) is 0.158. The molecule has 6 heteroatoms. The molecule has 0 aromatic heterocycles. The van der Waals surface area contributed by atoms with E-state index in [1.54, 1.807) is 6.07 Å². The molecule has 0 saturated carbocycles. The topological polar surface area (TPSA) is 56.1 Å². The Bertz CT molecular complexity index is 933. The van der Waals surface area contributed by atoms with Gasteiger partial charge in [-0.05, 0) is 37.1 Å². The van der Waals surface area contributed by atoms with Crippen molar-refractivity contribution in [2.45, 2.75) is 20.0 Å². The molecular weight excluding hydrogens is 354 g/mol. The van der Waals surface area contributed by atoms with Gasteiger partial charge in [0, 0.05) is 16.3 Å². The summed E-state index contributed by atoms with van der Waals surface area (Å²) in [7, 11) is 0. The van der Waals surface area contributed by atoms with Gasteiger partial charge in [0.15, 0.2) is 0 Å². The number of thiol groups is 1. The molecule has 1 heterocycles. The van der Waals surface area contributed by atoms with Gasteiger partial charge in [0.05, 0.1) is 5.03 Å². The Balaban J connectivity index is 2.26. The van der Waals surface area contributed by atoms with Crippen molar-refractivity contribution in [3.63, 3.8) is 0 Å². The summed E-state index contributed by atoms with van der Waals surface area (Å²) in [6, 6.07) is 15.3. The van der Waals surface area contributed by atoms with Gasteiger partial charge in [-0.15, -0.1) is 12.6 Å². The molecule has 1 N–H and O–H groups in total. The normalized spacial score (nSPS) is 17.3. The summed E-state index contributed by atoms with van der Waals surface area (Å²) in [5.74, 6) is -0.459. The molecule has 2 aromatic carbocycles. The standard InChI is InChI=1S/C19H16ClN3OS/c1-11-7-8-12(2)16(9-11)23-17(13-5-3-4-6-15(13)20)22-18(24)14(10-21)19(23)25/h3-9,17,25H,1-2H3,(H,22,24). The van der Waals surface area contributed by atoms with Crippen molar-refractivity contribution >= 4 is 35.8 Å². The van der Waals surface area contributed by atoms with E-state index in [0.717, 1.165) is 22.4 Å². The van der Waals surface area contributed by atoms with E-state index in [2.05, 4.69) is 17.9 Å². The van der Waals surface area contributed by atoms with Gasteiger partial charge in [-0.2, -0.15) is 5.26 Å². The lowest BCUT2D eigenvalue weighted by Crippen LogP contribution is -2.46. The van der Waals surface area contributed by atoms with E-state index in [9.17, 15) is 10.1 Å². The quantitative estimate of drug-likeness (QED) is 0.778. The number of hydrogen-bond acceptors (Lipinski definition) is 4. The molecule has 1 aliphatic rings. The fourth-order valence-corrected chi connectivity index (χ4v) is 3.47. The zero-order valence-corrected chi connectivity index (χ0v) is 15.4. The number of aryl methyl sites for hydroxylation is 2. The smallest absolute Gasteiger partial charge is 0.266 e. The lowest BCUT2D eigenvalue weighted by Gasteiger charge is -2.39. The van der Waals surface area contributed by atoms with Crippen LogP contribution in [0.1, 0.15) is 22.9 Å². The molecule has 126 valence electrons. The number of halogens is 1. The number of carbonyl (C=O) groups is 1. The van der Waals surface area contributed by atoms with Crippen molar-refractivity contribution < 1.29 is 4.79 Å². The Hall–Kier alpha value is -2.42. The second kappa shape index (κ2) is 6.83. The first-order valence-electron chi connectivity index (χ1n) is 7.69. The largest absolute Gasteiger partial charge is 0.327 e. The average Bonchev–Trinajstić information content (AvgIpc) is 2.58. The van der Waals surface area contributed by atoms with Crippen molar-refractivity contribution in [2.24, 2.45) is 0 Å². The SMILES string of the molecule is Cc1ccc(C)c(N2C(S)=C(C#N)C(=O)NC2c2ccccc2Cl)c1. The Morgan fingerprint density at radius 2 is 1.96 bits per heavy atom. The summed E-state index contributed by atoms with van der Waals surface area (Å²) in [6.07, 6.45) is -0.550. The number of amides is 1. The zero-order valence-electron chi connectivity index (χ0n) is 13.7. The number of benzene rings is 2. The van der Waals surface area contributed by atoms with E-state index < -0.39 is 12.1 Å². The van der Waals surface area contributed by atoms with Crippen molar-refractivity contribution in [3.8, 4) is 6.07 Å². The van der Waals surface area contributed by atoms with E-state index in [-0.39, 0.29) is 5.57 Å².